The van der Waals surface area contributed by atoms with Gasteiger partial charge in [-0.2, -0.15) is 0 Å². The van der Waals surface area contributed by atoms with Gasteiger partial charge in [0.15, 0.2) is 0 Å². The lowest BCUT2D eigenvalue weighted by Crippen LogP contribution is -2.08. The minimum atomic E-state index is -1.52. The molecule has 4 nitrogen and oxygen atoms in total. The van der Waals surface area contributed by atoms with Gasteiger partial charge < -0.3 is 5.11 Å². The molecule has 0 aromatic carbocycles. The van der Waals surface area contributed by atoms with E-state index in [1.165, 1.54) is 6.92 Å². The van der Waals surface area contributed by atoms with Crippen LogP contribution in [0.5, 0.6) is 0 Å². The van der Waals surface area contributed by atoms with E-state index < -0.39 is 16.8 Å². The highest BCUT2D eigenvalue weighted by molar-refractivity contribution is 8.05. The SMILES string of the molecule is CC1=NC=C(C(=O)O)S1=O. The maximum Gasteiger partial charge on any atom is 0.346 e. The van der Waals surface area contributed by atoms with Crippen molar-refractivity contribution in [3.05, 3.63) is 11.1 Å². The Balaban J connectivity index is 2.92. The molecule has 0 aromatic rings. The summed E-state index contributed by atoms with van der Waals surface area (Å²) in [4.78, 5) is 13.7. The molecule has 0 saturated heterocycles. The first-order valence-corrected chi connectivity index (χ1v) is 3.67. The fraction of sp³-hybridized carbons (Fsp3) is 0.200. The topological polar surface area (TPSA) is 66.7 Å². The van der Waals surface area contributed by atoms with Gasteiger partial charge in [-0.25, -0.2) is 9.00 Å². The van der Waals surface area contributed by atoms with Crippen molar-refractivity contribution in [2.75, 3.05) is 0 Å². The van der Waals surface area contributed by atoms with Gasteiger partial charge in [0.2, 0.25) is 0 Å². The molecule has 1 rings (SSSR count). The summed E-state index contributed by atoms with van der Waals surface area (Å²) in [5.41, 5.74) is 0. The van der Waals surface area contributed by atoms with Gasteiger partial charge in [-0.15, -0.1) is 0 Å². The Morgan fingerprint density at radius 3 is 2.60 bits per heavy atom. The first-order valence-electron chi connectivity index (χ1n) is 2.52. The van der Waals surface area contributed by atoms with Gasteiger partial charge in [0.1, 0.15) is 20.7 Å². The summed E-state index contributed by atoms with van der Waals surface area (Å²) in [6, 6.07) is 0. The van der Waals surface area contributed by atoms with Gasteiger partial charge >= 0.3 is 5.97 Å². The standard InChI is InChI=1S/C5H5NO3S/c1-3-6-2-4(5(7)8)10(3)9/h2H,1H3,(H,7,8). The molecule has 0 bridgehead atoms. The van der Waals surface area contributed by atoms with E-state index >= 15 is 0 Å². The monoisotopic (exact) mass is 159 g/mol. The van der Waals surface area contributed by atoms with Gasteiger partial charge in [-0.1, -0.05) is 0 Å². The van der Waals surface area contributed by atoms with E-state index in [4.69, 9.17) is 5.11 Å². The van der Waals surface area contributed by atoms with Crippen LogP contribution >= 0.6 is 0 Å². The Morgan fingerprint density at radius 1 is 1.80 bits per heavy atom. The summed E-state index contributed by atoms with van der Waals surface area (Å²) in [5.74, 6) is -1.17. The highest BCUT2D eigenvalue weighted by Gasteiger charge is 2.21. The molecule has 10 heavy (non-hydrogen) atoms. The second kappa shape index (κ2) is 2.34. The zero-order valence-electron chi connectivity index (χ0n) is 5.20. The van der Waals surface area contributed by atoms with Crippen LogP contribution in [0.3, 0.4) is 0 Å². The van der Waals surface area contributed by atoms with Crippen molar-refractivity contribution in [1.82, 2.24) is 0 Å². The van der Waals surface area contributed by atoms with Crippen molar-refractivity contribution in [2.24, 2.45) is 4.99 Å². The Morgan fingerprint density at radius 2 is 2.40 bits per heavy atom. The molecule has 1 N–H and O–H groups in total. The predicted octanol–water partition coefficient (Wildman–Crippen LogP) is 0.0931. The summed E-state index contributed by atoms with van der Waals surface area (Å²) < 4.78 is 10.9. The van der Waals surface area contributed by atoms with Crippen LogP contribution in [0.4, 0.5) is 0 Å². The first-order chi connectivity index (χ1) is 4.63. The van der Waals surface area contributed by atoms with Gasteiger partial charge in [0.25, 0.3) is 0 Å². The number of aliphatic imine (C=N–C) groups is 1. The van der Waals surface area contributed by atoms with Crippen LogP contribution in [-0.2, 0) is 15.6 Å². The smallest absolute Gasteiger partial charge is 0.346 e. The lowest BCUT2D eigenvalue weighted by Gasteiger charge is -1.90. The summed E-state index contributed by atoms with van der Waals surface area (Å²) in [7, 11) is -1.52. The molecule has 0 spiro atoms. The second-order valence-electron chi connectivity index (χ2n) is 1.72. The number of carboxylic acid groups (broad SMARTS) is 1. The van der Waals surface area contributed by atoms with Crippen LogP contribution in [0, 0.1) is 0 Å². The quantitative estimate of drug-likeness (QED) is 0.589. The molecule has 1 heterocycles. The predicted molar refractivity (Wildman–Crippen MR) is 37.0 cm³/mol. The van der Waals surface area contributed by atoms with Crippen molar-refractivity contribution < 1.29 is 14.1 Å². The highest BCUT2D eigenvalue weighted by Crippen LogP contribution is 2.11. The first kappa shape index (κ1) is 7.14. The zero-order chi connectivity index (χ0) is 7.72. The van der Waals surface area contributed by atoms with Crippen LogP contribution in [0.25, 0.3) is 0 Å². The molecule has 54 valence electrons. The second-order valence-corrected chi connectivity index (χ2v) is 3.28. The Bertz CT molecular complexity index is 266. The molecule has 5 heteroatoms. The molecular weight excluding hydrogens is 154 g/mol. The van der Waals surface area contributed by atoms with E-state index in [0.717, 1.165) is 6.20 Å². The van der Waals surface area contributed by atoms with E-state index in [2.05, 4.69) is 4.99 Å². The van der Waals surface area contributed by atoms with Crippen molar-refractivity contribution >= 4 is 21.8 Å². The highest BCUT2D eigenvalue weighted by atomic mass is 32.2. The fourth-order valence-electron chi connectivity index (χ4n) is 0.539. The minimum absolute atomic E-state index is 0.141. The van der Waals surface area contributed by atoms with Crippen LogP contribution in [0.1, 0.15) is 6.92 Å². The average molecular weight is 159 g/mol. The molecular formula is C5H5NO3S. The molecule has 0 amide bonds. The molecule has 0 aliphatic carbocycles. The van der Waals surface area contributed by atoms with Gasteiger partial charge in [0, 0.05) is 0 Å². The van der Waals surface area contributed by atoms with Crippen LogP contribution in [0.15, 0.2) is 16.1 Å². The lowest BCUT2D eigenvalue weighted by molar-refractivity contribution is -0.131. The van der Waals surface area contributed by atoms with Crippen LogP contribution in [-0.4, -0.2) is 20.3 Å². The largest absolute Gasteiger partial charge is 0.477 e. The maximum absolute atomic E-state index is 10.9. The third-order valence-corrected chi connectivity index (χ3v) is 2.36. The molecule has 0 saturated carbocycles. The molecule has 1 unspecified atom stereocenters. The molecule has 1 aliphatic heterocycles. The summed E-state index contributed by atoms with van der Waals surface area (Å²) in [6.45, 7) is 1.53. The Kier molecular flexibility index (Phi) is 1.67. The van der Waals surface area contributed by atoms with E-state index in [0.29, 0.717) is 5.04 Å². The number of hydrogen-bond acceptors (Lipinski definition) is 3. The number of carboxylic acids is 1. The molecule has 1 atom stereocenters. The normalized spacial score (nSPS) is 23.9. The van der Waals surface area contributed by atoms with E-state index in [1.807, 2.05) is 0 Å². The van der Waals surface area contributed by atoms with Crippen molar-refractivity contribution in [3.63, 3.8) is 0 Å². The Labute approximate surface area is 59.7 Å². The van der Waals surface area contributed by atoms with Gasteiger partial charge in [-0.3, -0.25) is 4.99 Å². The van der Waals surface area contributed by atoms with E-state index in [1.54, 1.807) is 0 Å². The number of aliphatic carboxylic acids is 1. The summed E-state index contributed by atoms with van der Waals surface area (Å²) in [5, 5.41) is 8.71. The van der Waals surface area contributed by atoms with E-state index in [9.17, 15) is 9.00 Å². The van der Waals surface area contributed by atoms with Gasteiger partial charge in [-0.05, 0) is 6.92 Å². The average Bonchev–Trinajstić information content (AvgIpc) is 2.14. The lowest BCUT2D eigenvalue weighted by atomic mass is 10.6. The zero-order valence-corrected chi connectivity index (χ0v) is 6.01. The summed E-state index contributed by atoms with van der Waals surface area (Å²) >= 11 is 0. The van der Waals surface area contributed by atoms with Crippen molar-refractivity contribution in [3.8, 4) is 0 Å². The Hall–Kier alpha value is -0.970. The van der Waals surface area contributed by atoms with Crippen LogP contribution in [0.2, 0.25) is 0 Å². The van der Waals surface area contributed by atoms with Crippen LogP contribution < -0.4 is 0 Å². The van der Waals surface area contributed by atoms with Crippen molar-refractivity contribution in [2.45, 2.75) is 6.92 Å². The van der Waals surface area contributed by atoms with E-state index in [-0.39, 0.29) is 4.91 Å². The number of hydrogen-bond donors (Lipinski definition) is 1. The minimum Gasteiger partial charge on any atom is -0.477 e. The van der Waals surface area contributed by atoms with Crippen molar-refractivity contribution in [1.29, 1.82) is 0 Å². The maximum atomic E-state index is 10.9. The third-order valence-electron chi connectivity index (χ3n) is 1.04. The molecule has 0 fully saturated rings. The molecule has 0 aromatic heterocycles. The fourth-order valence-corrected chi connectivity index (χ4v) is 1.31. The number of nitrogens with zero attached hydrogens (tertiary/aromatic N) is 1. The van der Waals surface area contributed by atoms with Gasteiger partial charge in [0.05, 0.1) is 6.20 Å². The molecule has 1 aliphatic rings. The third kappa shape index (κ3) is 0.995. The number of rotatable bonds is 1. The molecule has 0 radical (unpaired) electrons. The number of carbonyl (C=O) groups is 1. The summed E-state index contributed by atoms with van der Waals surface area (Å²) in [6.07, 6.45) is 1.12.